The van der Waals surface area contributed by atoms with E-state index in [1.54, 1.807) is 6.08 Å². The van der Waals surface area contributed by atoms with Gasteiger partial charge >= 0.3 is 0 Å². The Kier molecular flexibility index (Phi) is 10.8. The van der Waals surface area contributed by atoms with E-state index < -0.39 is 5.95 Å². The number of hydrogen-bond donors (Lipinski definition) is 2. The number of unbranched alkanes of at least 4 members (excludes halogenated alkanes) is 3. The van der Waals surface area contributed by atoms with Crippen molar-refractivity contribution in [2.24, 2.45) is 0 Å². The van der Waals surface area contributed by atoms with E-state index in [4.69, 9.17) is 9.84 Å². The Bertz CT molecular complexity index is 1440. The molecule has 0 bridgehead atoms. The number of aliphatic hydroxyl groups excluding tert-OH is 1. The maximum absolute atomic E-state index is 14.4. The summed E-state index contributed by atoms with van der Waals surface area (Å²) in [6.07, 6.45) is 10.8. The molecule has 208 valence electrons. The molecule has 0 atom stereocenters. The number of aliphatic hydroxyl groups is 1. The van der Waals surface area contributed by atoms with Crippen molar-refractivity contribution in [1.82, 2.24) is 15.2 Å². The molecule has 6 nitrogen and oxygen atoms in total. The first kappa shape index (κ1) is 28.9. The Balaban J connectivity index is 1.43. The summed E-state index contributed by atoms with van der Waals surface area (Å²) < 4.78 is 20.3. The predicted molar refractivity (Wildman–Crippen MR) is 157 cm³/mol. The van der Waals surface area contributed by atoms with Gasteiger partial charge in [0.15, 0.2) is 5.78 Å². The third-order valence-electron chi connectivity index (χ3n) is 6.75. The summed E-state index contributed by atoms with van der Waals surface area (Å²) in [6.45, 7) is 2.73. The second kappa shape index (κ2) is 14.9. The van der Waals surface area contributed by atoms with Crippen LogP contribution in [0.5, 0.6) is 5.88 Å². The maximum atomic E-state index is 14.4. The van der Waals surface area contributed by atoms with Crippen molar-refractivity contribution < 1.29 is 19.0 Å². The molecule has 2 aromatic heterocycles. The summed E-state index contributed by atoms with van der Waals surface area (Å²) in [6, 6.07) is 19.7. The van der Waals surface area contributed by atoms with Gasteiger partial charge in [-0.25, -0.2) is 4.98 Å². The summed E-state index contributed by atoms with van der Waals surface area (Å²) >= 11 is 0. The molecule has 2 N–H and O–H groups in total. The lowest BCUT2D eigenvalue weighted by Crippen LogP contribution is -2.00. The lowest BCUT2D eigenvalue weighted by atomic mass is 9.88. The lowest BCUT2D eigenvalue weighted by Gasteiger charge is -2.16. The van der Waals surface area contributed by atoms with Crippen LogP contribution in [0.1, 0.15) is 68.6 Å². The molecule has 0 aliphatic carbocycles. The summed E-state index contributed by atoms with van der Waals surface area (Å²) in [5.74, 6) is 0.180. The molecule has 0 saturated carbocycles. The van der Waals surface area contributed by atoms with Gasteiger partial charge in [0.05, 0.1) is 17.5 Å². The molecule has 0 spiro atoms. The van der Waals surface area contributed by atoms with Gasteiger partial charge in [0, 0.05) is 30.9 Å². The fraction of sp³-hybridized carbons (Fsp3) is 0.303. The van der Waals surface area contributed by atoms with E-state index in [9.17, 15) is 9.18 Å². The minimum absolute atomic E-state index is 0.0476. The molecule has 7 heteroatoms. The second-order valence-corrected chi connectivity index (χ2v) is 9.62. The van der Waals surface area contributed by atoms with Gasteiger partial charge in [0.2, 0.25) is 11.8 Å². The first-order valence-corrected chi connectivity index (χ1v) is 13.9. The van der Waals surface area contributed by atoms with E-state index in [2.05, 4.69) is 34.2 Å². The molecular weight excluding hydrogens is 505 g/mol. The van der Waals surface area contributed by atoms with Crippen LogP contribution in [0.2, 0.25) is 0 Å². The Morgan fingerprint density at radius 1 is 1.00 bits per heavy atom. The number of aromatic amines is 1. The van der Waals surface area contributed by atoms with Crippen molar-refractivity contribution in [1.29, 1.82) is 0 Å². The van der Waals surface area contributed by atoms with Crippen molar-refractivity contribution in [3.05, 3.63) is 102 Å². The average Bonchev–Trinajstić information content (AvgIpc) is 3.36. The Hall–Kier alpha value is -4.10. The number of pyridine rings is 1. The van der Waals surface area contributed by atoms with Gasteiger partial charge in [0.25, 0.3) is 0 Å². The molecule has 0 unspecified atom stereocenters. The van der Waals surface area contributed by atoms with Crippen LogP contribution >= 0.6 is 0 Å². The van der Waals surface area contributed by atoms with E-state index >= 15 is 0 Å². The number of carbonyl (C=O) groups excluding carboxylic acids is 1. The minimum atomic E-state index is -0.446. The van der Waals surface area contributed by atoms with Gasteiger partial charge in [-0.05, 0) is 85.1 Å². The number of benzene rings is 2. The fourth-order valence-corrected chi connectivity index (χ4v) is 4.70. The number of allylic oxidation sites excluding steroid dienone is 3. The summed E-state index contributed by atoms with van der Waals surface area (Å²) in [4.78, 5) is 16.2. The molecule has 0 aliphatic heterocycles. The van der Waals surface area contributed by atoms with Gasteiger partial charge in [-0.1, -0.05) is 49.4 Å². The van der Waals surface area contributed by atoms with Crippen LogP contribution < -0.4 is 4.74 Å². The number of rotatable bonds is 15. The van der Waals surface area contributed by atoms with Crippen molar-refractivity contribution in [3.8, 4) is 5.88 Å². The van der Waals surface area contributed by atoms with Crippen molar-refractivity contribution in [3.63, 3.8) is 0 Å². The van der Waals surface area contributed by atoms with Gasteiger partial charge < -0.3 is 9.84 Å². The highest BCUT2D eigenvalue weighted by Gasteiger charge is 2.16. The van der Waals surface area contributed by atoms with Gasteiger partial charge in [0.1, 0.15) is 0 Å². The van der Waals surface area contributed by atoms with Crippen LogP contribution in [0.15, 0.2) is 79.0 Å². The van der Waals surface area contributed by atoms with E-state index in [0.29, 0.717) is 36.2 Å². The number of nitrogens with one attached hydrogen (secondary N) is 1. The van der Waals surface area contributed by atoms with Crippen LogP contribution in [0.4, 0.5) is 4.39 Å². The lowest BCUT2D eigenvalue weighted by molar-refractivity contribution is -0.114. The Morgan fingerprint density at radius 2 is 1.82 bits per heavy atom. The van der Waals surface area contributed by atoms with Crippen LogP contribution in [-0.4, -0.2) is 39.3 Å². The number of ketones is 1. The Labute approximate surface area is 234 Å². The number of hydrogen-bond acceptors (Lipinski definition) is 5. The molecule has 0 aliphatic rings. The van der Waals surface area contributed by atoms with Crippen LogP contribution in [-0.2, 0) is 4.79 Å². The molecule has 0 amide bonds. The standard InChI is InChI=1S/C33H36FN3O3/c1-2-28(24-12-7-6-8-13-24)32(25-16-18-30-29(22-25)33(34)37-36-30)26-17-19-31(35-23-26)40-21-10-5-3-4-9-14-27(39)15-11-20-38/h6-9,12-14,16-19,22-23,38H,2-5,10-11,15,20-21H2,1H3,(H,36,37)/b14-9+,32-28-. The van der Waals surface area contributed by atoms with E-state index in [0.717, 1.165) is 59.9 Å². The number of aromatic nitrogens is 3. The molecule has 2 heterocycles. The van der Waals surface area contributed by atoms with E-state index in [-0.39, 0.29) is 12.4 Å². The average molecular weight is 542 g/mol. The highest BCUT2D eigenvalue weighted by Crippen LogP contribution is 2.35. The predicted octanol–water partition coefficient (Wildman–Crippen LogP) is 7.30. The highest BCUT2D eigenvalue weighted by atomic mass is 19.1. The van der Waals surface area contributed by atoms with E-state index in [1.807, 2.05) is 60.8 Å². The van der Waals surface area contributed by atoms with Crippen LogP contribution in [0, 0.1) is 5.95 Å². The summed E-state index contributed by atoms with van der Waals surface area (Å²) in [5, 5.41) is 15.7. The molecule has 0 saturated heterocycles. The third-order valence-corrected chi connectivity index (χ3v) is 6.75. The van der Waals surface area contributed by atoms with Crippen molar-refractivity contribution in [2.75, 3.05) is 13.2 Å². The van der Waals surface area contributed by atoms with Gasteiger partial charge in [-0.15, -0.1) is 0 Å². The van der Waals surface area contributed by atoms with Gasteiger partial charge in [-0.2, -0.15) is 9.49 Å². The normalized spacial score (nSPS) is 12.2. The molecule has 4 rings (SSSR count). The molecular formula is C33H36FN3O3. The first-order chi connectivity index (χ1) is 19.6. The molecule has 0 radical (unpaired) electrons. The minimum Gasteiger partial charge on any atom is -0.478 e. The quantitative estimate of drug-likeness (QED) is 0.0936. The maximum Gasteiger partial charge on any atom is 0.216 e. The SMILES string of the molecule is CC/C(=C(/c1ccc(OCCCCC/C=C/C(=O)CCCO)nc1)c1ccc2n[nH]c(F)c2c1)c1ccccc1. The topological polar surface area (TPSA) is 88.1 Å². The number of fused-ring (bicyclic) bond motifs is 1. The Morgan fingerprint density at radius 3 is 2.58 bits per heavy atom. The monoisotopic (exact) mass is 541 g/mol. The van der Waals surface area contributed by atoms with Crippen molar-refractivity contribution in [2.45, 2.75) is 51.9 Å². The first-order valence-electron chi connectivity index (χ1n) is 13.9. The number of carbonyl (C=O) groups is 1. The largest absolute Gasteiger partial charge is 0.478 e. The van der Waals surface area contributed by atoms with Crippen LogP contribution in [0.3, 0.4) is 0 Å². The zero-order valence-electron chi connectivity index (χ0n) is 22.9. The van der Waals surface area contributed by atoms with Gasteiger partial charge in [-0.3, -0.25) is 9.89 Å². The molecule has 4 aromatic rings. The fourth-order valence-electron chi connectivity index (χ4n) is 4.70. The zero-order chi connectivity index (χ0) is 28.2. The smallest absolute Gasteiger partial charge is 0.216 e. The number of H-pyrrole nitrogens is 1. The molecule has 40 heavy (non-hydrogen) atoms. The third kappa shape index (κ3) is 7.73. The second-order valence-electron chi connectivity index (χ2n) is 9.62. The summed E-state index contributed by atoms with van der Waals surface area (Å²) in [5.41, 5.74) is 5.66. The number of ether oxygens (including phenoxy) is 1. The summed E-state index contributed by atoms with van der Waals surface area (Å²) in [7, 11) is 0. The number of nitrogens with zero attached hydrogens (tertiary/aromatic N) is 2. The number of halogens is 1. The highest BCUT2D eigenvalue weighted by molar-refractivity contribution is 6.00. The molecule has 2 aromatic carbocycles. The molecule has 0 fully saturated rings. The van der Waals surface area contributed by atoms with Crippen LogP contribution in [0.25, 0.3) is 22.0 Å². The zero-order valence-corrected chi connectivity index (χ0v) is 22.9. The van der Waals surface area contributed by atoms with Crippen molar-refractivity contribution >= 4 is 27.8 Å². The van der Waals surface area contributed by atoms with E-state index in [1.165, 1.54) is 0 Å².